The van der Waals surface area contributed by atoms with Gasteiger partial charge in [0.15, 0.2) is 6.21 Å². The van der Waals surface area contributed by atoms with E-state index in [1.165, 1.54) is 15.7 Å². The first kappa shape index (κ1) is 17.9. The number of carbonyl (C=O) groups is 2. The normalized spacial score (nSPS) is 20.1. The highest BCUT2D eigenvalue weighted by molar-refractivity contribution is 6.32. The Bertz CT molecular complexity index is 510. The minimum Gasteiger partial charge on any atom is -1.00 e. The Labute approximate surface area is 123 Å². The van der Waals surface area contributed by atoms with Crippen LogP contribution in [0.25, 0.3) is 0 Å². The molecule has 0 saturated heterocycles. The fraction of sp³-hybridized carbons (Fsp3) is 0.455. The topological polar surface area (TPSA) is 111 Å². The Morgan fingerprint density at radius 1 is 1.50 bits per heavy atom. The smallest absolute Gasteiger partial charge is 0.374 e. The van der Waals surface area contributed by atoms with Crippen LogP contribution in [0, 0.1) is 5.92 Å². The van der Waals surface area contributed by atoms with Crippen LogP contribution in [0.4, 0.5) is 4.79 Å². The number of aliphatic hydroxyl groups is 1. The second-order valence-corrected chi connectivity index (χ2v) is 4.41. The number of nitrogens with zero attached hydrogens (tertiary/aromatic N) is 3. The van der Waals surface area contributed by atoms with Crippen molar-refractivity contribution in [2.75, 3.05) is 21.1 Å². The summed E-state index contributed by atoms with van der Waals surface area (Å²) in [6, 6.07) is -0.796. The molecule has 1 heterocycles. The molecule has 1 aliphatic heterocycles. The summed E-state index contributed by atoms with van der Waals surface area (Å²) in [5, 5.41) is 13.8. The average molecular weight is 304 g/mol. The number of hydrogen-bond donors (Lipinski definition) is 3. The van der Waals surface area contributed by atoms with Gasteiger partial charge < -0.3 is 28.1 Å². The van der Waals surface area contributed by atoms with Crippen molar-refractivity contribution in [1.29, 1.82) is 0 Å². The van der Waals surface area contributed by atoms with Gasteiger partial charge in [0.1, 0.15) is 18.3 Å². The molecule has 0 aliphatic carbocycles. The Kier molecular flexibility index (Phi) is 6.18. The van der Waals surface area contributed by atoms with E-state index in [0.717, 1.165) is 0 Å². The van der Waals surface area contributed by atoms with Gasteiger partial charge >= 0.3 is 11.9 Å². The fourth-order valence-corrected chi connectivity index (χ4v) is 1.67. The summed E-state index contributed by atoms with van der Waals surface area (Å²) in [5.74, 6) is -0.918. The van der Waals surface area contributed by atoms with Crippen molar-refractivity contribution in [3.63, 3.8) is 0 Å². The van der Waals surface area contributed by atoms with Crippen molar-refractivity contribution >= 4 is 23.9 Å². The van der Waals surface area contributed by atoms with E-state index in [1.54, 1.807) is 28.1 Å². The van der Waals surface area contributed by atoms with E-state index in [2.05, 4.69) is 10.5 Å². The Balaban J connectivity index is 0.00000361. The van der Waals surface area contributed by atoms with Crippen molar-refractivity contribution in [3.8, 4) is 0 Å². The summed E-state index contributed by atoms with van der Waals surface area (Å²) in [7, 11) is 4.75. The van der Waals surface area contributed by atoms with E-state index in [9.17, 15) is 14.7 Å². The zero-order valence-electron chi connectivity index (χ0n) is 11.7. The maximum absolute atomic E-state index is 12.0. The van der Waals surface area contributed by atoms with Crippen LogP contribution in [0.3, 0.4) is 0 Å². The number of nitrogens with two attached hydrogens (primary N) is 1. The van der Waals surface area contributed by atoms with Crippen LogP contribution >= 0.6 is 0 Å². The molecule has 8 nitrogen and oxygen atoms in total. The molecular weight excluding hydrogens is 286 g/mol. The van der Waals surface area contributed by atoms with Crippen molar-refractivity contribution in [3.05, 3.63) is 11.5 Å². The highest BCUT2D eigenvalue weighted by Crippen LogP contribution is 2.21. The van der Waals surface area contributed by atoms with Crippen LogP contribution < -0.4 is 23.6 Å². The van der Waals surface area contributed by atoms with Crippen LogP contribution in [-0.4, -0.2) is 59.6 Å². The number of likely N-dealkylation sites (N-methyl/N-ethyl adjacent to an activating group) is 1. The lowest BCUT2D eigenvalue weighted by atomic mass is 9.93. The second kappa shape index (κ2) is 6.90. The Hall–Kier alpha value is -2.09. The predicted octanol–water partition coefficient (Wildman–Crippen LogP) is -3.76. The van der Waals surface area contributed by atoms with Gasteiger partial charge in [0, 0.05) is 20.0 Å². The van der Waals surface area contributed by atoms with Crippen molar-refractivity contribution in [2.45, 2.75) is 6.92 Å². The quantitative estimate of drug-likeness (QED) is 0.360. The molecule has 1 unspecified atom stereocenters. The number of halogens is 1. The number of carbonyl (C=O) groups excluding carboxylic acids is 2. The maximum atomic E-state index is 12.0. The van der Waals surface area contributed by atoms with Gasteiger partial charge in [0.05, 0.1) is 0 Å². The number of nitrogens with one attached hydrogen (secondary N) is 1. The van der Waals surface area contributed by atoms with Gasteiger partial charge in [-0.15, -0.1) is 0 Å². The van der Waals surface area contributed by atoms with E-state index in [1.807, 2.05) is 0 Å². The third-order valence-electron chi connectivity index (χ3n) is 2.71. The number of urea groups is 1. The predicted molar refractivity (Wildman–Crippen MR) is 69.9 cm³/mol. The molecule has 3 amide bonds. The molecule has 0 radical (unpaired) electrons. The Morgan fingerprint density at radius 2 is 2.05 bits per heavy atom. The molecule has 1 atom stereocenters. The molecule has 1 aliphatic rings. The van der Waals surface area contributed by atoms with Crippen LogP contribution in [0.1, 0.15) is 6.92 Å². The van der Waals surface area contributed by atoms with Gasteiger partial charge in [0.25, 0.3) is 5.91 Å². The Morgan fingerprint density at radius 3 is 2.50 bits per heavy atom. The minimum absolute atomic E-state index is 0. The molecule has 0 aromatic rings. The van der Waals surface area contributed by atoms with Crippen LogP contribution in [-0.2, 0) is 4.79 Å². The molecule has 1 rings (SSSR count). The monoisotopic (exact) mass is 303 g/mol. The molecule has 112 valence electrons. The standard InChI is InChI=1S/C11H17N5O3.ClH/c1-6-7(13-14-11(12)19)5-16(4)10(18)8(6)9(17)15(2)3;/h5-6H,1-4H3,(H3,12,17,18,19);1H. The van der Waals surface area contributed by atoms with Crippen molar-refractivity contribution in [1.82, 2.24) is 10.3 Å². The fourth-order valence-electron chi connectivity index (χ4n) is 1.67. The van der Waals surface area contributed by atoms with Gasteiger partial charge in [-0.25, -0.2) is 10.2 Å². The highest BCUT2D eigenvalue weighted by atomic mass is 35.5. The molecule has 4 N–H and O–H groups in total. The first-order valence-corrected chi connectivity index (χ1v) is 5.61. The number of primary amides is 1. The summed E-state index contributed by atoms with van der Waals surface area (Å²) in [5.41, 5.74) is 7.68. The summed E-state index contributed by atoms with van der Waals surface area (Å²) in [6.07, 6.45) is 1.52. The van der Waals surface area contributed by atoms with Gasteiger partial charge in [-0.1, -0.05) is 6.92 Å². The third-order valence-corrected chi connectivity index (χ3v) is 2.71. The van der Waals surface area contributed by atoms with E-state index < -0.39 is 11.9 Å². The van der Waals surface area contributed by atoms with Gasteiger partial charge in [-0.2, -0.15) is 9.68 Å². The van der Waals surface area contributed by atoms with Crippen molar-refractivity contribution in [2.24, 2.45) is 16.8 Å². The molecule has 20 heavy (non-hydrogen) atoms. The summed E-state index contributed by atoms with van der Waals surface area (Å²) in [4.78, 5) is 24.1. The van der Waals surface area contributed by atoms with E-state index >= 15 is 0 Å². The largest absolute Gasteiger partial charge is 1.00 e. The number of rotatable bonds is 2. The van der Waals surface area contributed by atoms with Gasteiger partial charge in [-0.3, -0.25) is 4.79 Å². The molecule has 0 fully saturated rings. The second-order valence-electron chi connectivity index (χ2n) is 4.41. The number of aliphatic hydroxyl groups excluding tert-OH is 1. The molecule has 0 bridgehead atoms. The first-order valence-electron chi connectivity index (χ1n) is 5.61. The summed E-state index contributed by atoms with van der Waals surface area (Å²) < 4.78 is 1.36. The average Bonchev–Trinajstić information content (AvgIpc) is 2.31. The molecule has 0 saturated carbocycles. The lowest BCUT2D eigenvalue weighted by Gasteiger charge is -2.20. The highest BCUT2D eigenvalue weighted by Gasteiger charge is 2.36. The lowest BCUT2D eigenvalue weighted by Crippen LogP contribution is -3.00. The van der Waals surface area contributed by atoms with Crippen molar-refractivity contribution < 1.29 is 31.7 Å². The third kappa shape index (κ3) is 3.70. The maximum Gasteiger partial charge on any atom is 0.374 e. The molecular formula is C11H18ClN5O3. The lowest BCUT2D eigenvalue weighted by molar-refractivity contribution is -0.472. The van der Waals surface area contributed by atoms with E-state index in [-0.39, 0.29) is 29.8 Å². The van der Waals surface area contributed by atoms with E-state index in [4.69, 9.17) is 5.73 Å². The summed E-state index contributed by atoms with van der Waals surface area (Å²) in [6.45, 7) is 1.71. The van der Waals surface area contributed by atoms with Gasteiger partial charge in [0.2, 0.25) is 0 Å². The zero-order valence-corrected chi connectivity index (χ0v) is 12.5. The van der Waals surface area contributed by atoms with E-state index in [0.29, 0.717) is 5.71 Å². The molecule has 0 aromatic carbocycles. The van der Waals surface area contributed by atoms with Crippen LogP contribution in [0.5, 0.6) is 0 Å². The molecule has 0 spiro atoms. The number of hydrazone groups is 1. The zero-order chi connectivity index (χ0) is 14.7. The SMILES string of the molecule is CC1C(=NNC(N)=O)C=[N+](C)C(O)=C1C(=O)N(C)C.[Cl-]. The van der Waals surface area contributed by atoms with Crippen LogP contribution in [0.15, 0.2) is 16.6 Å². The van der Waals surface area contributed by atoms with Gasteiger partial charge in [-0.05, 0) is 0 Å². The summed E-state index contributed by atoms with van der Waals surface area (Å²) >= 11 is 0. The van der Waals surface area contributed by atoms with Crippen LogP contribution in [0.2, 0.25) is 0 Å². The number of amides is 3. The number of hydrogen-bond acceptors (Lipinski definition) is 4. The first-order chi connectivity index (χ1) is 8.75. The molecule has 0 aromatic heterocycles. The molecule has 9 heteroatoms. The minimum atomic E-state index is -0.796.